The van der Waals surface area contributed by atoms with E-state index in [2.05, 4.69) is 27.0 Å². The summed E-state index contributed by atoms with van der Waals surface area (Å²) < 4.78 is 5.43. The molecule has 0 saturated heterocycles. The van der Waals surface area contributed by atoms with Gasteiger partial charge in [-0.3, -0.25) is 9.79 Å². The fraction of sp³-hybridized carbons (Fsp3) is 0.300. The first-order valence-corrected chi connectivity index (χ1v) is 8.46. The predicted octanol–water partition coefficient (Wildman–Crippen LogP) is 3.45. The van der Waals surface area contributed by atoms with Crippen LogP contribution >= 0.6 is 24.0 Å². The van der Waals surface area contributed by atoms with Crippen LogP contribution in [0.25, 0.3) is 0 Å². The molecule has 146 valence electrons. The van der Waals surface area contributed by atoms with Crippen molar-refractivity contribution >= 4 is 41.5 Å². The number of rotatable bonds is 6. The maximum atomic E-state index is 11.2. The van der Waals surface area contributed by atoms with E-state index in [-0.39, 0.29) is 29.9 Å². The van der Waals surface area contributed by atoms with Gasteiger partial charge in [0.1, 0.15) is 5.75 Å². The lowest BCUT2D eigenvalue weighted by molar-refractivity contribution is -0.114. The average Bonchev–Trinajstić information content (AvgIpc) is 2.62. The van der Waals surface area contributed by atoms with E-state index in [1.807, 2.05) is 43.3 Å². The zero-order chi connectivity index (χ0) is 18.9. The molecule has 6 nitrogen and oxygen atoms in total. The Balaban J connectivity index is 0.00000364. The summed E-state index contributed by atoms with van der Waals surface area (Å²) in [5, 5.41) is 9.34. The second-order valence-electron chi connectivity index (χ2n) is 5.98. The molecule has 0 unspecified atom stereocenters. The van der Waals surface area contributed by atoms with E-state index in [0.717, 1.165) is 28.1 Å². The fourth-order valence-corrected chi connectivity index (χ4v) is 2.55. The molecule has 0 aliphatic carbocycles. The number of ether oxygens (including phenoxy) is 1. The van der Waals surface area contributed by atoms with Crippen LogP contribution in [-0.2, 0) is 17.9 Å². The van der Waals surface area contributed by atoms with Gasteiger partial charge in [-0.1, -0.05) is 24.3 Å². The van der Waals surface area contributed by atoms with E-state index < -0.39 is 0 Å². The summed E-state index contributed by atoms with van der Waals surface area (Å²) in [4.78, 5) is 15.4. The third-order valence-corrected chi connectivity index (χ3v) is 3.82. The highest BCUT2D eigenvalue weighted by Gasteiger charge is 2.05. The number of aliphatic imine (C=N–C) groups is 1. The summed E-state index contributed by atoms with van der Waals surface area (Å²) in [6, 6.07) is 13.8. The number of aryl methyl sites for hydroxylation is 1. The van der Waals surface area contributed by atoms with Crippen molar-refractivity contribution in [1.29, 1.82) is 0 Å². The largest absolute Gasteiger partial charge is 0.496 e. The van der Waals surface area contributed by atoms with Crippen molar-refractivity contribution in [3.05, 3.63) is 59.2 Å². The second kappa shape index (κ2) is 11.4. The van der Waals surface area contributed by atoms with Crippen LogP contribution in [0, 0.1) is 6.92 Å². The number of anilines is 1. The van der Waals surface area contributed by atoms with Crippen LogP contribution < -0.4 is 20.7 Å². The average molecular weight is 482 g/mol. The molecule has 3 N–H and O–H groups in total. The Morgan fingerprint density at radius 2 is 1.85 bits per heavy atom. The van der Waals surface area contributed by atoms with Gasteiger partial charge >= 0.3 is 0 Å². The zero-order valence-electron chi connectivity index (χ0n) is 16.1. The first kappa shape index (κ1) is 22.8. The Morgan fingerprint density at radius 3 is 2.52 bits per heavy atom. The number of nitrogens with zero attached hydrogens (tertiary/aromatic N) is 1. The number of hydrogen-bond donors (Lipinski definition) is 3. The van der Waals surface area contributed by atoms with Crippen molar-refractivity contribution in [3.63, 3.8) is 0 Å². The molecule has 1 amide bonds. The van der Waals surface area contributed by atoms with Crippen LogP contribution in [0.2, 0.25) is 0 Å². The molecule has 0 radical (unpaired) electrons. The highest BCUT2D eigenvalue weighted by Crippen LogP contribution is 2.19. The van der Waals surface area contributed by atoms with Gasteiger partial charge in [-0.25, -0.2) is 0 Å². The Hall–Kier alpha value is -2.29. The van der Waals surface area contributed by atoms with E-state index >= 15 is 0 Å². The van der Waals surface area contributed by atoms with Crippen LogP contribution in [0.3, 0.4) is 0 Å². The number of carbonyl (C=O) groups is 1. The quantitative estimate of drug-likeness (QED) is 0.335. The number of guanidine groups is 1. The minimum atomic E-state index is -0.0837. The van der Waals surface area contributed by atoms with Crippen molar-refractivity contribution in [2.75, 3.05) is 19.5 Å². The molecule has 2 aromatic carbocycles. The van der Waals surface area contributed by atoms with Gasteiger partial charge < -0.3 is 20.7 Å². The zero-order valence-corrected chi connectivity index (χ0v) is 18.5. The summed E-state index contributed by atoms with van der Waals surface area (Å²) in [6.45, 7) is 4.73. The molecular formula is C20H27IN4O2. The van der Waals surface area contributed by atoms with Crippen molar-refractivity contribution < 1.29 is 9.53 Å². The lowest BCUT2D eigenvalue weighted by Crippen LogP contribution is -2.36. The van der Waals surface area contributed by atoms with Crippen molar-refractivity contribution in [2.24, 2.45) is 4.99 Å². The standard InChI is InChI=1S/C20H26N4O2.HI/c1-14-8-9-17(19(10-14)26-4)13-23-20(21-3)22-12-16-6-5-7-18(11-16)24-15(2)25;/h5-11H,12-13H2,1-4H3,(H,24,25)(H2,21,22,23);1H. The van der Waals surface area contributed by atoms with Gasteiger partial charge in [0, 0.05) is 38.3 Å². The molecule has 2 aromatic rings. The number of carbonyl (C=O) groups excluding carboxylic acids is 1. The van der Waals surface area contributed by atoms with Gasteiger partial charge in [0.25, 0.3) is 0 Å². The summed E-state index contributed by atoms with van der Waals surface area (Å²) in [6.07, 6.45) is 0. The maximum absolute atomic E-state index is 11.2. The molecule has 0 aliphatic heterocycles. The summed E-state index contributed by atoms with van der Waals surface area (Å²) in [5.41, 5.74) is 4.05. The first-order valence-electron chi connectivity index (χ1n) is 8.46. The van der Waals surface area contributed by atoms with E-state index in [0.29, 0.717) is 19.0 Å². The van der Waals surface area contributed by atoms with E-state index in [9.17, 15) is 4.79 Å². The molecule has 0 heterocycles. The van der Waals surface area contributed by atoms with Gasteiger partial charge in [0.2, 0.25) is 5.91 Å². The van der Waals surface area contributed by atoms with Gasteiger partial charge in [-0.05, 0) is 36.2 Å². The van der Waals surface area contributed by atoms with Crippen LogP contribution in [0.15, 0.2) is 47.5 Å². The topological polar surface area (TPSA) is 74.8 Å². The highest BCUT2D eigenvalue weighted by molar-refractivity contribution is 14.0. The Morgan fingerprint density at radius 1 is 1.11 bits per heavy atom. The van der Waals surface area contributed by atoms with E-state index in [4.69, 9.17) is 4.74 Å². The predicted molar refractivity (Wildman–Crippen MR) is 121 cm³/mol. The number of methoxy groups -OCH3 is 1. The number of halogens is 1. The summed E-state index contributed by atoms with van der Waals surface area (Å²) in [7, 11) is 3.41. The van der Waals surface area contributed by atoms with Crippen molar-refractivity contribution in [3.8, 4) is 5.75 Å². The SMILES string of the molecule is CN=C(NCc1cccc(NC(C)=O)c1)NCc1ccc(C)cc1OC.I. The molecule has 27 heavy (non-hydrogen) atoms. The molecule has 2 rings (SSSR count). The van der Waals surface area contributed by atoms with Crippen molar-refractivity contribution in [1.82, 2.24) is 10.6 Å². The Labute approximate surface area is 177 Å². The third kappa shape index (κ3) is 7.46. The van der Waals surface area contributed by atoms with Crippen LogP contribution in [0.1, 0.15) is 23.6 Å². The van der Waals surface area contributed by atoms with Crippen LogP contribution in [-0.4, -0.2) is 26.0 Å². The monoisotopic (exact) mass is 482 g/mol. The smallest absolute Gasteiger partial charge is 0.221 e. The van der Waals surface area contributed by atoms with Gasteiger partial charge in [0.15, 0.2) is 5.96 Å². The highest BCUT2D eigenvalue weighted by atomic mass is 127. The second-order valence-corrected chi connectivity index (χ2v) is 5.98. The number of benzene rings is 2. The fourth-order valence-electron chi connectivity index (χ4n) is 2.55. The molecule has 0 saturated carbocycles. The molecular weight excluding hydrogens is 455 g/mol. The lowest BCUT2D eigenvalue weighted by atomic mass is 10.1. The van der Waals surface area contributed by atoms with Gasteiger partial charge in [-0.2, -0.15) is 0 Å². The van der Waals surface area contributed by atoms with Crippen molar-refractivity contribution in [2.45, 2.75) is 26.9 Å². The Bertz CT molecular complexity index is 793. The van der Waals surface area contributed by atoms with Gasteiger partial charge in [0.05, 0.1) is 7.11 Å². The number of hydrogen-bond acceptors (Lipinski definition) is 3. The molecule has 0 aromatic heterocycles. The minimum absolute atomic E-state index is 0. The van der Waals surface area contributed by atoms with Gasteiger partial charge in [-0.15, -0.1) is 24.0 Å². The van der Waals surface area contributed by atoms with E-state index in [1.54, 1.807) is 14.2 Å². The molecule has 0 atom stereocenters. The molecule has 0 fully saturated rings. The number of amides is 1. The van der Waals surface area contributed by atoms with Crippen LogP contribution in [0.5, 0.6) is 5.75 Å². The van der Waals surface area contributed by atoms with Crippen LogP contribution in [0.4, 0.5) is 5.69 Å². The third-order valence-electron chi connectivity index (χ3n) is 3.82. The molecule has 0 bridgehead atoms. The summed E-state index contributed by atoms with van der Waals surface area (Å²) in [5.74, 6) is 1.47. The normalized spacial score (nSPS) is 10.6. The van der Waals surface area contributed by atoms with E-state index in [1.165, 1.54) is 6.92 Å². The Kier molecular flexibility index (Phi) is 9.63. The first-order chi connectivity index (χ1) is 12.5. The number of nitrogens with one attached hydrogen (secondary N) is 3. The molecule has 7 heteroatoms. The summed E-state index contributed by atoms with van der Waals surface area (Å²) >= 11 is 0. The molecule has 0 spiro atoms. The molecule has 0 aliphatic rings. The minimum Gasteiger partial charge on any atom is -0.496 e. The lowest BCUT2D eigenvalue weighted by Gasteiger charge is -2.14. The maximum Gasteiger partial charge on any atom is 0.221 e.